The van der Waals surface area contributed by atoms with Gasteiger partial charge in [-0.1, -0.05) is 0 Å². The minimum absolute atomic E-state index is 0.148. The van der Waals surface area contributed by atoms with E-state index in [0.29, 0.717) is 11.3 Å². The smallest absolute Gasteiger partial charge is 0.257 e. The van der Waals surface area contributed by atoms with Crippen molar-refractivity contribution in [1.29, 1.82) is 0 Å². The molecule has 0 fully saturated rings. The molecule has 0 saturated carbocycles. The van der Waals surface area contributed by atoms with E-state index in [9.17, 15) is 14.7 Å². The van der Waals surface area contributed by atoms with E-state index in [0.717, 1.165) is 5.56 Å². The Bertz CT molecular complexity index is 626. The molecule has 0 spiro atoms. The molecule has 0 bridgehead atoms. The fraction of sp³-hybridized carbons (Fsp3) is 0.0769. The van der Waals surface area contributed by atoms with E-state index in [1.807, 2.05) is 0 Å². The Balaban J connectivity index is 2.21. The summed E-state index contributed by atoms with van der Waals surface area (Å²) in [5, 5.41) is 12.0. The van der Waals surface area contributed by atoms with Crippen LogP contribution in [0.25, 0.3) is 0 Å². The number of rotatable bonds is 2. The quantitative estimate of drug-likeness (QED) is 0.702. The lowest BCUT2D eigenvalue weighted by atomic mass is 10.2. The van der Waals surface area contributed by atoms with Gasteiger partial charge in [0.25, 0.3) is 5.91 Å². The number of phenols is 1. The summed E-state index contributed by atoms with van der Waals surface area (Å²) in [6, 6.07) is 7.41. The number of carbonyl (C=O) groups is 1. The number of aromatic nitrogens is 1. The first kappa shape index (κ1) is 11.9. The maximum absolute atomic E-state index is 11.9. The number of amides is 1. The Hall–Kier alpha value is -2.56. The Labute approximate surface area is 103 Å². The number of aryl methyl sites for hydroxylation is 1. The highest BCUT2D eigenvalue weighted by Crippen LogP contribution is 2.20. The molecule has 1 amide bonds. The van der Waals surface area contributed by atoms with Gasteiger partial charge < -0.3 is 15.4 Å². The molecule has 0 atom stereocenters. The third-order valence-electron chi connectivity index (χ3n) is 2.50. The van der Waals surface area contributed by atoms with Crippen LogP contribution in [0, 0.1) is 6.92 Å². The molecule has 0 unspecified atom stereocenters. The first-order chi connectivity index (χ1) is 8.56. The van der Waals surface area contributed by atoms with E-state index in [1.165, 1.54) is 24.4 Å². The number of nitrogens with one attached hydrogen (secondary N) is 2. The molecular formula is C13H12N2O3. The molecule has 0 saturated heterocycles. The normalized spacial score (nSPS) is 10.1. The third-order valence-corrected chi connectivity index (χ3v) is 2.50. The average Bonchev–Trinajstić information content (AvgIpc) is 2.33. The second-order valence-electron chi connectivity index (χ2n) is 3.89. The number of H-pyrrole nitrogens is 1. The van der Waals surface area contributed by atoms with Gasteiger partial charge in [-0.25, -0.2) is 0 Å². The predicted octanol–water partition coefficient (Wildman–Crippen LogP) is 1.64. The molecule has 2 aromatic rings. The zero-order chi connectivity index (χ0) is 13.1. The number of aromatic hydroxyl groups is 1. The van der Waals surface area contributed by atoms with Crippen LogP contribution < -0.4 is 10.9 Å². The summed E-state index contributed by atoms with van der Waals surface area (Å²) < 4.78 is 0. The summed E-state index contributed by atoms with van der Waals surface area (Å²) in [4.78, 5) is 25.2. The Morgan fingerprint density at radius 2 is 2.06 bits per heavy atom. The summed E-state index contributed by atoms with van der Waals surface area (Å²) in [5.74, 6) is -0.172. The van der Waals surface area contributed by atoms with E-state index in [1.54, 1.807) is 19.1 Å². The van der Waals surface area contributed by atoms with Gasteiger partial charge in [-0.3, -0.25) is 9.59 Å². The van der Waals surface area contributed by atoms with Crippen LogP contribution in [0.1, 0.15) is 15.9 Å². The van der Waals surface area contributed by atoms with Gasteiger partial charge in [0, 0.05) is 18.0 Å². The molecule has 18 heavy (non-hydrogen) atoms. The molecule has 0 aliphatic rings. The van der Waals surface area contributed by atoms with Gasteiger partial charge in [0.05, 0.1) is 5.56 Å². The summed E-state index contributed by atoms with van der Waals surface area (Å²) in [7, 11) is 0. The zero-order valence-corrected chi connectivity index (χ0v) is 9.73. The molecule has 5 nitrogen and oxygen atoms in total. The second-order valence-corrected chi connectivity index (χ2v) is 3.89. The van der Waals surface area contributed by atoms with Crippen molar-refractivity contribution in [1.82, 2.24) is 4.98 Å². The van der Waals surface area contributed by atoms with Crippen LogP contribution in [0.5, 0.6) is 5.75 Å². The number of pyridine rings is 1. The Morgan fingerprint density at radius 3 is 2.67 bits per heavy atom. The first-order valence-electron chi connectivity index (χ1n) is 5.36. The van der Waals surface area contributed by atoms with E-state index in [4.69, 9.17) is 0 Å². The molecule has 0 aliphatic heterocycles. The van der Waals surface area contributed by atoms with Crippen LogP contribution in [0.4, 0.5) is 5.69 Å². The summed E-state index contributed by atoms with van der Waals surface area (Å²) >= 11 is 0. The van der Waals surface area contributed by atoms with E-state index < -0.39 is 0 Å². The number of hydrogen-bond acceptors (Lipinski definition) is 3. The number of hydrogen-bond donors (Lipinski definition) is 3. The Morgan fingerprint density at radius 1 is 1.28 bits per heavy atom. The molecule has 0 aliphatic carbocycles. The van der Waals surface area contributed by atoms with Crippen molar-refractivity contribution in [2.45, 2.75) is 6.92 Å². The standard InChI is InChI=1S/C13H12N2O3/c1-8-6-10(16)3-4-11(8)15-13(18)9-2-5-12(17)14-7-9/h2-7,16H,1H3,(H,14,17)(H,15,18). The average molecular weight is 244 g/mol. The topological polar surface area (TPSA) is 82.2 Å². The van der Waals surface area contributed by atoms with Crippen LogP contribution in [-0.2, 0) is 0 Å². The minimum atomic E-state index is -0.319. The fourth-order valence-electron chi connectivity index (χ4n) is 1.53. The second kappa shape index (κ2) is 4.75. The molecule has 1 aromatic heterocycles. The van der Waals surface area contributed by atoms with E-state index in [-0.39, 0.29) is 17.2 Å². The number of carbonyl (C=O) groups excluding carboxylic acids is 1. The van der Waals surface area contributed by atoms with Crippen molar-refractivity contribution < 1.29 is 9.90 Å². The van der Waals surface area contributed by atoms with Crippen LogP contribution in [0.15, 0.2) is 41.3 Å². The van der Waals surface area contributed by atoms with E-state index >= 15 is 0 Å². The van der Waals surface area contributed by atoms with Gasteiger partial charge in [0.1, 0.15) is 5.75 Å². The minimum Gasteiger partial charge on any atom is -0.508 e. The molecule has 1 aromatic carbocycles. The molecule has 92 valence electrons. The Kier molecular flexibility index (Phi) is 3.14. The highest BCUT2D eigenvalue weighted by atomic mass is 16.3. The van der Waals surface area contributed by atoms with Crippen molar-refractivity contribution in [3.63, 3.8) is 0 Å². The lowest BCUT2D eigenvalue weighted by molar-refractivity contribution is 0.102. The monoisotopic (exact) mass is 244 g/mol. The number of benzene rings is 1. The zero-order valence-electron chi connectivity index (χ0n) is 9.73. The molecule has 0 radical (unpaired) electrons. The number of anilines is 1. The van der Waals surface area contributed by atoms with E-state index in [2.05, 4.69) is 10.3 Å². The summed E-state index contributed by atoms with van der Waals surface area (Å²) in [6.45, 7) is 1.78. The van der Waals surface area contributed by atoms with Crippen LogP contribution in [0.3, 0.4) is 0 Å². The van der Waals surface area contributed by atoms with Crippen molar-refractivity contribution in [3.8, 4) is 5.75 Å². The first-order valence-corrected chi connectivity index (χ1v) is 5.36. The summed E-state index contributed by atoms with van der Waals surface area (Å²) in [5.41, 5.74) is 1.48. The highest BCUT2D eigenvalue weighted by Gasteiger charge is 2.07. The van der Waals surface area contributed by atoms with Crippen molar-refractivity contribution in [2.24, 2.45) is 0 Å². The van der Waals surface area contributed by atoms with Crippen LogP contribution in [-0.4, -0.2) is 16.0 Å². The van der Waals surface area contributed by atoms with Gasteiger partial charge in [-0.2, -0.15) is 0 Å². The number of phenolic OH excluding ortho intramolecular Hbond substituents is 1. The maximum Gasteiger partial charge on any atom is 0.257 e. The van der Waals surface area contributed by atoms with Crippen molar-refractivity contribution in [3.05, 3.63) is 58.0 Å². The molecule has 5 heteroatoms. The van der Waals surface area contributed by atoms with Gasteiger partial charge in [0.2, 0.25) is 5.56 Å². The maximum atomic E-state index is 11.9. The van der Waals surface area contributed by atoms with Crippen molar-refractivity contribution in [2.75, 3.05) is 5.32 Å². The van der Waals surface area contributed by atoms with Crippen LogP contribution in [0.2, 0.25) is 0 Å². The van der Waals surface area contributed by atoms with Gasteiger partial charge in [-0.15, -0.1) is 0 Å². The van der Waals surface area contributed by atoms with Gasteiger partial charge >= 0.3 is 0 Å². The lowest BCUT2D eigenvalue weighted by Crippen LogP contribution is -2.15. The third kappa shape index (κ3) is 2.57. The summed E-state index contributed by atoms with van der Waals surface area (Å²) in [6.07, 6.45) is 1.35. The SMILES string of the molecule is Cc1cc(O)ccc1NC(=O)c1ccc(=O)[nH]c1. The lowest BCUT2D eigenvalue weighted by Gasteiger charge is -2.08. The van der Waals surface area contributed by atoms with Crippen molar-refractivity contribution >= 4 is 11.6 Å². The van der Waals surface area contributed by atoms with Gasteiger partial charge in [-0.05, 0) is 36.8 Å². The highest BCUT2D eigenvalue weighted by molar-refractivity contribution is 6.04. The molecule has 2 rings (SSSR count). The molecular weight excluding hydrogens is 232 g/mol. The molecule has 1 heterocycles. The predicted molar refractivity (Wildman–Crippen MR) is 67.9 cm³/mol. The van der Waals surface area contributed by atoms with Crippen LogP contribution >= 0.6 is 0 Å². The van der Waals surface area contributed by atoms with Gasteiger partial charge in [0.15, 0.2) is 0 Å². The molecule has 3 N–H and O–H groups in total. The number of aromatic amines is 1. The fourth-order valence-corrected chi connectivity index (χ4v) is 1.53. The largest absolute Gasteiger partial charge is 0.508 e.